The van der Waals surface area contributed by atoms with Gasteiger partial charge in [-0.3, -0.25) is 9.78 Å². The average Bonchev–Trinajstić information content (AvgIpc) is 3.36. The third kappa shape index (κ3) is 4.12. The Labute approximate surface area is 182 Å². The van der Waals surface area contributed by atoms with Crippen LogP contribution in [0.5, 0.6) is 11.6 Å². The van der Waals surface area contributed by atoms with Gasteiger partial charge in [-0.25, -0.2) is 4.98 Å². The highest BCUT2D eigenvalue weighted by Gasteiger charge is 2.12. The number of carbonyl (C=O) groups is 1. The van der Waals surface area contributed by atoms with Crippen LogP contribution >= 0.6 is 11.3 Å². The van der Waals surface area contributed by atoms with Gasteiger partial charge in [0.2, 0.25) is 5.88 Å². The SMILES string of the molecule is O=C(Nc1ccc(Oc2nc(-c3cccnc3)nc3ccccc23)cc1)c1ccsc1. The largest absolute Gasteiger partial charge is 0.438 e. The Bertz CT molecular complexity index is 1340. The molecule has 0 radical (unpaired) electrons. The quantitative estimate of drug-likeness (QED) is 0.386. The lowest BCUT2D eigenvalue weighted by molar-refractivity contribution is 0.102. The first-order valence-electron chi connectivity index (χ1n) is 9.55. The number of para-hydroxylation sites is 1. The van der Waals surface area contributed by atoms with E-state index in [0.29, 0.717) is 28.7 Å². The number of ether oxygens (including phenoxy) is 1. The molecule has 1 amide bonds. The van der Waals surface area contributed by atoms with E-state index in [4.69, 9.17) is 4.74 Å². The van der Waals surface area contributed by atoms with Crippen LogP contribution in [0.2, 0.25) is 0 Å². The Kier molecular flexibility index (Phi) is 5.08. The molecule has 2 aromatic carbocycles. The molecule has 5 aromatic rings. The summed E-state index contributed by atoms with van der Waals surface area (Å²) in [6.07, 6.45) is 3.43. The second-order valence-electron chi connectivity index (χ2n) is 6.70. The monoisotopic (exact) mass is 424 g/mol. The van der Waals surface area contributed by atoms with Crippen molar-refractivity contribution in [3.63, 3.8) is 0 Å². The van der Waals surface area contributed by atoms with Gasteiger partial charge in [0, 0.05) is 29.0 Å². The fraction of sp³-hybridized carbons (Fsp3) is 0. The lowest BCUT2D eigenvalue weighted by Crippen LogP contribution is -2.10. The topological polar surface area (TPSA) is 77.0 Å². The normalized spacial score (nSPS) is 10.7. The molecule has 0 atom stereocenters. The van der Waals surface area contributed by atoms with Crippen LogP contribution in [0.15, 0.2) is 89.9 Å². The second kappa shape index (κ2) is 8.33. The van der Waals surface area contributed by atoms with Crippen LogP contribution < -0.4 is 10.1 Å². The van der Waals surface area contributed by atoms with Gasteiger partial charge in [-0.2, -0.15) is 16.3 Å². The molecule has 150 valence electrons. The number of hydrogen-bond acceptors (Lipinski definition) is 6. The summed E-state index contributed by atoms with van der Waals surface area (Å²) < 4.78 is 6.10. The Morgan fingerprint density at radius 3 is 2.58 bits per heavy atom. The van der Waals surface area contributed by atoms with E-state index in [1.165, 1.54) is 11.3 Å². The molecule has 3 heterocycles. The Hall–Kier alpha value is -4.10. The number of fused-ring (bicyclic) bond motifs is 1. The average molecular weight is 424 g/mol. The number of nitrogens with zero attached hydrogens (tertiary/aromatic N) is 3. The van der Waals surface area contributed by atoms with Crippen molar-refractivity contribution in [1.29, 1.82) is 0 Å². The predicted octanol–water partition coefficient (Wildman–Crippen LogP) is 5.80. The van der Waals surface area contributed by atoms with Gasteiger partial charge in [-0.15, -0.1) is 0 Å². The molecule has 0 aliphatic carbocycles. The van der Waals surface area contributed by atoms with Gasteiger partial charge >= 0.3 is 0 Å². The summed E-state index contributed by atoms with van der Waals surface area (Å²) in [5, 5.41) is 7.37. The zero-order valence-corrected chi connectivity index (χ0v) is 17.0. The molecule has 6 nitrogen and oxygen atoms in total. The molecule has 0 saturated carbocycles. The first-order chi connectivity index (χ1) is 15.3. The number of thiophene rings is 1. The molecule has 0 bridgehead atoms. The van der Waals surface area contributed by atoms with Crippen molar-refractivity contribution in [2.24, 2.45) is 0 Å². The zero-order valence-electron chi connectivity index (χ0n) is 16.2. The highest BCUT2D eigenvalue weighted by molar-refractivity contribution is 7.08. The van der Waals surface area contributed by atoms with E-state index in [1.54, 1.807) is 42.7 Å². The number of aromatic nitrogens is 3. The van der Waals surface area contributed by atoms with Crippen molar-refractivity contribution in [2.45, 2.75) is 0 Å². The molecule has 0 unspecified atom stereocenters. The van der Waals surface area contributed by atoms with E-state index in [0.717, 1.165) is 16.5 Å². The van der Waals surface area contributed by atoms with E-state index in [9.17, 15) is 4.79 Å². The van der Waals surface area contributed by atoms with E-state index >= 15 is 0 Å². The zero-order chi connectivity index (χ0) is 21.0. The molecule has 0 aliphatic heterocycles. The van der Waals surface area contributed by atoms with Gasteiger partial charge in [0.1, 0.15) is 5.75 Å². The number of nitrogens with one attached hydrogen (secondary N) is 1. The Balaban J connectivity index is 1.43. The number of carbonyl (C=O) groups excluding carboxylic acids is 1. The molecular formula is C24H16N4O2S. The van der Waals surface area contributed by atoms with Crippen molar-refractivity contribution < 1.29 is 9.53 Å². The lowest BCUT2D eigenvalue weighted by Gasteiger charge is -2.11. The summed E-state index contributed by atoms with van der Waals surface area (Å²) in [7, 11) is 0. The third-order valence-corrected chi connectivity index (χ3v) is 5.28. The number of rotatable bonds is 5. The van der Waals surface area contributed by atoms with Gasteiger partial charge in [0.25, 0.3) is 5.91 Å². The second-order valence-corrected chi connectivity index (χ2v) is 7.48. The van der Waals surface area contributed by atoms with Crippen LogP contribution in [0.25, 0.3) is 22.3 Å². The van der Waals surface area contributed by atoms with Crippen molar-refractivity contribution in [3.8, 4) is 23.0 Å². The number of amides is 1. The minimum Gasteiger partial charge on any atom is -0.438 e. The summed E-state index contributed by atoms with van der Waals surface area (Å²) in [6.45, 7) is 0. The minimum absolute atomic E-state index is 0.141. The Morgan fingerprint density at radius 1 is 0.935 bits per heavy atom. The number of hydrogen-bond donors (Lipinski definition) is 1. The van der Waals surface area contributed by atoms with Crippen molar-refractivity contribution in [3.05, 3.63) is 95.4 Å². The van der Waals surface area contributed by atoms with Gasteiger partial charge in [-0.05, 0) is 60.0 Å². The molecule has 5 rings (SSSR count). The van der Waals surface area contributed by atoms with Crippen LogP contribution in [-0.2, 0) is 0 Å². The fourth-order valence-corrected chi connectivity index (χ4v) is 3.70. The fourth-order valence-electron chi connectivity index (χ4n) is 3.06. The highest BCUT2D eigenvalue weighted by Crippen LogP contribution is 2.30. The number of benzene rings is 2. The van der Waals surface area contributed by atoms with Gasteiger partial charge < -0.3 is 10.1 Å². The first kappa shape index (κ1) is 18.9. The number of pyridine rings is 1. The van der Waals surface area contributed by atoms with Crippen molar-refractivity contribution in [2.75, 3.05) is 5.32 Å². The summed E-state index contributed by atoms with van der Waals surface area (Å²) in [4.78, 5) is 25.6. The van der Waals surface area contributed by atoms with Crippen LogP contribution in [0.4, 0.5) is 5.69 Å². The van der Waals surface area contributed by atoms with Crippen molar-refractivity contribution in [1.82, 2.24) is 15.0 Å². The van der Waals surface area contributed by atoms with Crippen molar-refractivity contribution >= 4 is 33.8 Å². The minimum atomic E-state index is -0.141. The maximum absolute atomic E-state index is 12.2. The standard InChI is InChI=1S/C24H16N4O2S/c29-23(17-11-13-31-15-17)26-18-7-9-19(10-8-18)30-24-20-5-1-2-6-21(20)27-22(28-24)16-4-3-12-25-14-16/h1-15H,(H,26,29). The van der Waals surface area contributed by atoms with Crippen LogP contribution in [0.3, 0.4) is 0 Å². The van der Waals surface area contributed by atoms with E-state index in [-0.39, 0.29) is 5.91 Å². The molecule has 0 saturated heterocycles. The van der Waals surface area contributed by atoms with Crippen LogP contribution in [0.1, 0.15) is 10.4 Å². The summed E-state index contributed by atoms with van der Waals surface area (Å²) in [5.74, 6) is 1.47. The maximum Gasteiger partial charge on any atom is 0.256 e. The molecule has 7 heteroatoms. The van der Waals surface area contributed by atoms with Crippen LogP contribution in [0, 0.1) is 0 Å². The van der Waals surface area contributed by atoms with E-state index < -0.39 is 0 Å². The van der Waals surface area contributed by atoms with E-state index in [1.807, 2.05) is 47.2 Å². The molecule has 0 aliphatic rings. The van der Waals surface area contributed by atoms with Gasteiger partial charge in [0.05, 0.1) is 16.5 Å². The molecule has 0 fully saturated rings. The lowest BCUT2D eigenvalue weighted by atomic mass is 10.2. The number of anilines is 1. The third-order valence-electron chi connectivity index (χ3n) is 4.60. The molecule has 31 heavy (non-hydrogen) atoms. The van der Waals surface area contributed by atoms with E-state index in [2.05, 4.69) is 20.3 Å². The summed E-state index contributed by atoms with van der Waals surface area (Å²) >= 11 is 1.49. The van der Waals surface area contributed by atoms with Gasteiger partial charge in [-0.1, -0.05) is 12.1 Å². The smallest absolute Gasteiger partial charge is 0.256 e. The molecule has 3 aromatic heterocycles. The highest BCUT2D eigenvalue weighted by atomic mass is 32.1. The summed E-state index contributed by atoms with van der Waals surface area (Å²) in [5.41, 5.74) is 2.92. The first-order valence-corrected chi connectivity index (χ1v) is 10.5. The summed E-state index contributed by atoms with van der Waals surface area (Å²) in [6, 6.07) is 20.4. The van der Waals surface area contributed by atoms with Crippen LogP contribution in [-0.4, -0.2) is 20.9 Å². The predicted molar refractivity (Wildman–Crippen MR) is 122 cm³/mol. The van der Waals surface area contributed by atoms with Gasteiger partial charge in [0.15, 0.2) is 5.82 Å². The maximum atomic E-state index is 12.2. The molecule has 0 spiro atoms. The Morgan fingerprint density at radius 2 is 1.81 bits per heavy atom. The molecular weight excluding hydrogens is 408 g/mol. The molecule has 1 N–H and O–H groups in total.